The van der Waals surface area contributed by atoms with Crippen LogP contribution in [0.2, 0.25) is 0 Å². The Hall–Kier alpha value is -0.580. The maximum Gasteiger partial charge on any atom is 0.370 e. The van der Waals surface area contributed by atoms with E-state index in [2.05, 4.69) is 56.7 Å². The number of benzene rings is 1. The molecule has 0 fully saturated rings. The molecule has 0 atom stereocenters. The van der Waals surface area contributed by atoms with E-state index in [0.29, 0.717) is 0 Å². The summed E-state index contributed by atoms with van der Waals surface area (Å²) in [6.07, 6.45) is 15.1. The number of ether oxygens (including phenoxy) is 1. The van der Waals surface area contributed by atoms with E-state index in [9.17, 15) is 0 Å². The van der Waals surface area contributed by atoms with E-state index in [1.54, 1.807) is 0 Å². The lowest BCUT2D eigenvalue weighted by Gasteiger charge is -2.10. The lowest BCUT2D eigenvalue weighted by Crippen LogP contribution is -3.00. The molecule has 2 rings (SSSR count). The second kappa shape index (κ2) is 12.8. The van der Waals surface area contributed by atoms with Gasteiger partial charge in [-0.15, -0.1) is 0 Å². The van der Waals surface area contributed by atoms with Gasteiger partial charge in [0, 0.05) is 13.8 Å². The molecule has 2 nitrogen and oxygen atoms in total. The first-order valence-electron chi connectivity index (χ1n) is 10.9. The Labute approximate surface area is 184 Å². The fourth-order valence-electron chi connectivity index (χ4n) is 3.72. The Morgan fingerprint density at radius 1 is 0.889 bits per heavy atom. The zero-order valence-electron chi connectivity index (χ0n) is 18.0. The highest BCUT2D eigenvalue weighted by atomic mass is 127. The van der Waals surface area contributed by atoms with Crippen LogP contribution in [-0.2, 0) is 11.2 Å². The molecule has 1 aliphatic rings. The van der Waals surface area contributed by atoms with Crippen molar-refractivity contribution in [3.8, 4) is 0 Å². The fourth-order valence-corrected chi connectivity index (χ4v) is 3.72. The largest absolute Gasteiger partial charge is 1.00 e. The monoisotopic (exact) mass is 485 g/mol. The summed E-state index contributed by atoms with van der Waals surface area (Å²) in [7, 11) is 2.15. The summed E-state index contributed by atoms with van der Waals surface area (Å²) < 4.78 is 8.35. The number of likely N-dealkylation sites (N-methyl/N-ethyl adjacent to an activating group) is 1. The Morgan fingerprint density at radius 2 is 1.44 bits per heavy atom. The number of nitrogens with zero attached hydrogens (tertiary/aromatic N) is 1. The van der Waals surface area contributed by atoms with Crippen molar-refractivity contribution in [3.63, 3.8) is 0 Å². The average molecular weight is 485 g/mol. The van der Waals surface area contributed by atoms with Gasteiger partial charge in [-0.05, 0) is 24.5 Å². The standard InChI is InChI=1S/C24H40NO.HI/c1-5-6-7-8-9-10-11-12-13-14-17-21-18-15-16-19-22(21)23-25(4)24(2,3)20-26-23;/h15-16,18-19H,5-14,17,20H2,1-4H3;1H/q+1;/p-1. The first-order valence-corrected chi connectivity index (χ1v) is 10.9. The third-order valence-electron chi connectivity index (χ3n) is 5.82. The maximum absolute atomic E-state index is 6.05. The van der Waals surface area contributed by atoms with E-state index in [0.717, 1.165) is 18.9 Å². The number of rotatable bonds is 12. The van der Waals surface area contributed by atoms with Gasteiger partial charge >= 0.3 is 5.90 Å². The van der Waals surface area contributed by atoms with E-state index in [1.807, 2.05) is 0 Å². The van der Waals surface area contributed by atoms with Gasteiger partial charge in [-0.1, -0.05) is 82.9 Å². The minimum Gasteiger partial charge on any atom is -1.00 e. The van der Waals surface area contributed by atoms with E-state index in [4.69, 9.17) is 4.74 Å². The number of hydrogen-bond donors (Lipinski definition) is 0. The van der Waals surface area contributed by atoms with Crippen LogP contribution in [0.1, 0.15) is 96.1 Å². The van der Waals surface area contributed by atoms with Gasteiger partial charge in [-0.2, -0.15) is 4.58 Å². The van der Waals surface area contributed by atoms with Gasteiger partial charge in [0.15, 0.2) is 12.1 Å². The van der Waals surface area contributed by atoms with Crippen LogP contribution in [0.5, 0.6) is 0 Å². The van der Waals surface area contributed by atoms with Crippen LogP contribution in [-0.4, -0.2) is 29.7 Å². The molecule has 0 aromatic heterocycles. The quantitative estimate of drug-likeness (QED) is 0.251. The summed E-state index contributed by atoms with van der Waals surface area (Å²) in [5, 5.41) is 0. The van der Waals surface area contributed by atoms with Crippen LogP contribution >= 0.6 is 0 Å². The molecule has 0 saturated carbocycles. The number of aryl methyl sites for hydroxylation is 1. The highest BCUT2D eigenvalue weighted by Crippen LogP contribution is 2.22. The molecule has 27 heavy (non-hydrogen) atoms. The minimum absolute atomic E-state index is 0. The highest BCUT2D eigenvalue weighted by Gasteiger charge is 2.40. The Morgan fingerprint density at radius 3 is 2.00 bits per heavy atom. The molecule has 0 N–H and O–H groups in total. The van der Waals surface area contributed by atoms with E-state index in [1.165, 1.54) is 75.3 Å². The summed E-state index contributed by atoms with van der Waals surface area (Å²) in [6.45, 7) is 7.54. The Balaban J connectivity index is 0.00000364. The number of unbranched alkanes of at least 4 members (excludes halogenated alkanes) is 9. The predicted octanol–water partition coefficient (Wildman–Crippen LogP) is 3.35. The van der Waals surface area contributed by atoms with Gasteiger partial charge in [0.05, 0.1) is 5.56 Å². The van der Waals surface area contributed by atoms with E-state index < -0.39 is 0 Å². The molecule has 0 aliphatic carbocycles. The number of halogens is 1. The zero-order chi connectivity index (χ0) is 18.8. The van der Waals surface area contributed by atoms with Crippen LogP contribution in [0.3, 0.4) is 0 Å². The van der Waals surface area contributed by atoms with Crippen molar-refractivity contribution in [3.05, 3.63) is 35.4 Å². The summed E-state index contributed by atoms with van der Waals surface area (Å²) in [5.74, 6) is 1.05. The van der Waals surface area contributed by atoms with Gasteiger partial charge in [0.1, 0.15) is 7.05 Å². The SMILES string of the molecule is CCCCCCCCCCCCc1ccccc1C1=[N+](C)C(C)(C)CO1.[I-]. The highest BCUT2D eigenvalue weighted by molar-refractivity contribution is 5.92. The molecular weight excluding hydrogens is 445 g/mol. The van der Waals surface area contributed by atoms with Gasteiger partial charge < -0.3 is 28.7 Å². The lowest BCUT2D eigenvalue weighted by molar-refractivity contribution is -0.562. The van der Waals surface area contributed by atoms with Crippen molar-refractivity contribution in [2.24, 2.45) is 0 Å². The van der Waals surface area contributed by atoms with Gasteiger partial charge in [0.25, 0.3) is 0 Å². The van der Waals surface area contributed by atoms with Crippen LogP contribution in [0, 0.1) is 0 Å². The third kappa shape index (κ3) is 7.75. The third-order valence-corrected chi connectivity index (χ3v) is 5.82. The fraction of sp³-hybridized carbons (Fsp3) is 0.708. The Kier molecular flexibility index (Phi) is 11.6. The van der Waals surface area contributed by atoms with Crippen molar-refractivity contribution >= 4 is 5.90 Å². The molecule has 0 amide bonds. The number of hydrogen-bond acceptors (Lipinski definition) is 1. The summed E-state index contributed by atoms with van der Waals surface area (Å²) in [5.41, 5.74) is 2.81. The van der Waals surface area contributed by atoms with E-state index >= 15 is 0 Å². The molecule has 0 spiro atoms. The van der Waals surface area contributed by atoms with Crippen molar-refractivity contribution in [2.75, 3.05) is 13.7 Å². The van der Waals surface area contributed by atoms with Gasteiger partial charge in [0.2, 0.25) is 0 Å². The molecule has 0 unspecified atom stereocenters. The molecule has 1 aromatic rings. The molecule has 0 saturated heterocycles. The van der Waals surface area contributed by atoms with Crippen molar-refractivity contribution in [1.82, 2.24) is 0 Å². The van der Waals surface area contributed by atoms with E-state index in [-0.39, 0.29) is 29.5 Å². The predicted molar refractivity (Wildman–Crippen MR) is 112 cm³/mol. The molecule has 0 bridgehead atoms. The average Bonchev–Trinajstić information content (AvgIpc) is 2.90. The van der Waals surface area contributed by atoms with Crippen LogP contribution < -0.4 is 24.0 Å². The van der Waals surface area contributed by atoms with Crippen molar-refractivity contribution in [2.45, 2.75) is 96.9 Å². The minimum atomic E-state index is 0. The molecule has 154 valence electrons. The van der Waals surface area contributed by atoms with Crippen molar-refractivity contribution < 1.29 is 33.3 Å². The zero-order valence-corrected chi connectivity index (χ0v) is 20.2. The summed E-state index contributed by atoms with van der Waals surface area (Å²) >= 11 is 0. The van der Waals surface area contributed by atoms with Gasteiger partial charge in [-0.25, -0.2) is 0 Å². The Bertz CT molecular complexity index is 579. The topological polar surface area (TPSA) is 12.2 Å². The second-order valence-electron chi connectivity index (χ2n) is 8.55. The summed E-state index contributed by atoms with van der Waals surface area (Å²) in [4.78, 5) is 0. The van der Waals surface area contributed by atoms with Crippen molar-refractivity contribution in [1.29, 1.82) is 0 Å². The first kappa shape index (κ1) is 24.5. The lowest BCUT2D eigenvalue weighted by atomic mass is 9.99. The molecule has 3 heteroatoms. The van der Waals surface area contributed by atoms with Crippen LogP contribution in [0.4, 0.5) is 0 Å². The molecule has 1 heterocycles. The maximum atomic E-state index is 6.05. The molecule has 1 aromatic carbocycles. The summed E-state index contributed by atoms with van der Waals surface area (Å²) in [6, 6.07) is 8.79. The first-order chi connectivity index (χ1) is 12.6. The smallest absolute Gasteiger partial charge is 0.370 e. The molecular formula is C24H40INO. The molecule has 0 radical (unpaired) electrons. The second-order valence-corrected chi connectivity index (χ2v) is 8.55. The normalized spacial score (nSPS) is 15.6. The van der Waals surface area contributed by atoms with Crippen LogP contribution in [0.25, 0.3) is 0 Å². The van der Waals surface area contributed by atoms with Gasteiger partial charge in [-0.3, -0.25) is 0 Å². The molecule has 1 aliphatic heterocycles. The van der Waals surface area contributed by atoms with Crippen LogP contribution in [0.15, 0.2) is 24.3 Å².